The first-order valence-corrected chi connectivity index (χ1v) is 8.45. The third-order valence-corrected chi connectivity index (χ3v) is 5.11. The van der Waals surface area contributed by atoms with Crippen molar-refractivity contribution in [3.05, 3.63) is 51.0 Å². The maximum absolute atomic E-state index is 13.6. The first kappa shape index (κ1) is 17.5. The fourth-order valence-electron chi connectivity index (χ4n) is 2.56. The summed E-state index contributed by atoms with van der Waals surface area (Å²) in [7, 11) is 0. The number of benzene rings is 1. The number of esters is 1. The molecule has 2 aromatic rings. The summed E-state index contributed by atoms with van der Waals surface area (Å²) in [5.41, 5.74) is 0.597. The smallest absolute Gasteiger partial charge is 0.349 e. The molecule has 3 rings (SSSR count). The normalized spacial score (nSPS) is 14.1. The summed E-state index contributed by atoms with van der Waals surface area (Å²) in [6, 6.07) is 3.34. The molecule has 132 valence electrons. The Labute approximate surface area is 145 Å². The third kappa shape index (κ3) is 3.53. The molecule has 0 saturated carbocycles. The third-order valence-electron chi connectivity index (χ3n) is 3.89. The molecule has 0 aliphatic heterocycles. The molecule has 1 aliphatic rings. The number of carbonyl (C=O) groups is 2. The van der Waals surface area contributed by atoms with Gasteiger partial charge in [0.25, 0.3) is 5.91 Å². The zero-order valence-electron chi connectivity index (χ0n) is 13.2. The zero-order chi connectivity index (χ0) is 18.1. The topological polar surface area (TPSA) is 55.4 Å². The van der Waals surface area contributed by atoms with E-state index in [4.69, 9.17) is 4.74 Å². The van der Waals surface area contributed by atoms with Gasteiger partial charge in [0.1, 0.15) is 4.88 Å². The highest BCUT2D eigenvalue weighted by Gasteiger charge is 2.24. The second-order valence-corrected chi connectivity index (χ2v) is 6.81. The van der Waals surface area contributed by atoms with Crippen LogP contribution in [0.25, 0.3) is 0 Å². The maximum atomic E-state index is 13.6. The summed E-state index contributed by atoms with van der Waals surface area (Å²) in [4.78, 5) is 25.7. The molecule has 0 radical (unpaired) electrons. The van der Waals surface area contributed by atoms with Crippen molar-refractivity contribution < 1.29 is 27.5 Å². The molecule has 0 fully saturated rings. The van der Waals surface area contributed by atoms with E-state index in [0.29, 0.717) is 10.9 Å². The summed E-state index contributed by atoms with van der Waals surface area (Å²) < 4.78 is 44.7. The van der Waals surface area contributed by atoms with Crippen molar-refractivity contribution in [1.82, 2.24) is 0 Å². The van der Waals surface area contributed by atoms with Crippen molar-refractivity contribution in [3.8, 4) is 0 Å². The van der Waals surface area contributed by atoms with Gasteiger partial charge in [-0.3, -0.25) is 4.79 Å². The monoisotopic (exact) mass is 369 g/mol. The predicted octanol–water partition coefficient (Wildman–Crippen LogP) is 3.84. The van der Waals surface area contributed by atoms with Gasteiger partial charge in [-0.15, -0.1) is 11.3 Å². The SMILES string of the molecule is C[C@H](OC(=O)c1cc2c(s1)CCC2)C(=O)Nc1ccc(F)c(F)c1F. The first-order chi connectivity index (χ1) is 11.9. The Morgan fingerprint density at radius 3 is 2.68 bits per heavy atom. The quantitative estimate of drug-likeness (QED) is 0.658. The minimum atomic E-state index is -1.68. The van der Waals surface area contributed by atoms with Crippen molar-refractivity contribution in [2.45, 2.75) is 32.3 Å². The lowest BCUT2D eigenvalue weighted by Gasteiger charge is -2.13. The molecule has 8 heteroatoms. The highest BCUT2D eigenvalue weighted by Crippen LogP contribution is 2.31. The lowest BCUT2D eigenvalue weighted by atomic mass is 10.2. The summed E-state index contributed by atoms with van der Waals surface area (Å²) in [6.07, 6.45) is 1.69. The molecule has 1 atom stereocenters. The van der Waals surface area contributed by atoms with Gasteiger partial charge in [0.15, 0.2) is 23.6 Å². The zero-order valence-corrected chi connectivity index (χ0v) is 14.0. The Morgan fingerprint density at radius 1 is 1.20 bits per heavy atom. The van der Waals surface area contributed by atoms with Gasteiger partial charge in [0.2, 0.25) is 0 Å². The van der Waals surface area contributed by atoms with Crippen molar-refractivity contribution in [1.29, 1.82) is 0 Å². The van der Waals surface area contributed by atoms with Crippen LogP contribution in [0.5, 0.6) is 0 Å². The van der Waals surface area contributed by atoms with E-state index in [2.05, 4.69) is 5.32 Å². The number of rotatable bonds is 4. The Kier molecular flexibility index (Phi) is 4.80. The molecule has 4 nitrogen and oxygen atoms in total. The number of fused-ring (bicyclic) bond motifs is 1. The van der Waals surface area contributed by atoms with Crippen molar-refractivity contribution in [2.75, 3.05) is 5.32 Å². The number of hydrogen-bond acceptors (Lipinski definition) is 4. The number of carbonyl (C=O) groups excluding carboxylic acids is 2. The van der Waals surface area contributed by atoms with E-state index < -0.39 is 41.1 Å². The van der Waals surface area contributed by atoms with E-state index in [1.54, 1.807) is 6.07 Å². The van der Waals surface area contributed by atoms with Gasteiger partial charge in [-0.1, -0.05) is 0 Å². The van der Waals surface area contributed by atoms with E-state index in [1.807, 2.05) is 0 Å². The van der Waals surface area contributed by atoms with Crippen LogP contribution in [0.1, 0.15) is 33.5 Å². The summed E-state index contributed by atoms with van der Waals surface area (Å²) >= 11 is 1.34. The van der Waals surface area contributed by atoms with Gasteiger partial charge >= 0.3 is 5.97 Å². The van der Waals surface area contributed by atoms with Crippen molar-refractivity contribution in [3.63, 3.8) is 0 Å². The van der Waals surface area contributed by atoms with Gasteiger partial charge in [0.05, 0.1) is 5.69 Å². The largest absolute Gasteiger partial charge is 0.448 e. The van der Waals surface area contributed by atoms with Crippen LogP contribution < -0.4 is 5.32 Å². The molecule has 1 amide bonds. The average Bonchev–Trinajstić information content (AvgIpc) is 3.17. The second kappa shape index (κ2) is 6.87. The van der Waals surface area contributed by atoms with Gasteiger partial charge in [-0.05, 0) is 49.9 Å². The molecule has 0 bridgehead atoms. The molecule has 1 N–H and O–H groups in total. The van der Waals surface area contributed by atoms with Crippen molar-refractivity contribution >= 4 is 28.9 Å². The number of hydrogen-bond donors (Lipinski definition) is 1. The lowest BCUT2D eigenvalue weighted by molar-refractivity contribution is -0.123. The molecular weight excluding hydrogens is 355 g/mol. The Bertz CT molecular complexity index is 828. The van der Waals surface area contributed by atoms with Crippen LogP contribution in [0.2, 0.25) is 0 Å². The van der Waals surface area contributed by atoms with E-state index in [1.165, 1.54) is 18.3 Å². The number of halogens is 3. The van der Waals surface area contributed by atoms with Gasteiger partial charge < -0.3 is 10.1 Å². The number of anilines is 1. The maximum Gasteiger partial charge on any atom is 0.349 e. The number of nitrogens with one attached hydrogen (secondary N) is 1. The molecule has 0 saturated heterocycles. The number of aryl methyl sites for hydroxylation is 2. The first-order valence-electron chi connectivity index (χ1n) is 7.63. The number of ether oxygens (including phenoxy) is 1. The van der Waals surface area contributed by atoms with E-state index in [-0.39, 0.29) is 0 Å². The summed E-state index contributed by atoms with van der Waals surface area (Å²) in [6.45, 7) is 1.31. The number of amides is 1. The standard InChI is InChI=1S/C17H14F3NO3S/c1-8(16(22)21-11-6-5-10(18)14(19)15(11)20)24-17(23)13-7-9-3-2-4-12(9)25-13/h5-8H,2-4H2,1H3,(H,21,22)/t8-/m0/s1. The van der Waals surface area contributed by atoms with Crippen LogP contribution in [0.15, 0.2) is 18.2 Å². The molecule has 0 spiro atoms. The Hall–Kier alpha value is -2.35. The highest BCUT2D eigenvalue weighted by molar-refractivity contribution is 7.14. The minimum Gasteiger partial charge on any atom is -0.448 e. The van der Waals surface area contributed by atoms with Crippen LogP contribution >= 0.6 is 11.3 Å². The molecule has 1 aromatic heterocycles. The van der Waals surface area contributed by atoms with Crippen LogP contribution in [-0.4, -0.2) is 18.0 Å². The molecule has 25 heavy (non-hydrogen) atoms. The Morgan fingerprint density at radius 2 is 1.96 bits per heavy atom. The molecule has 0 unspecified atom stereocenters. The van der Waals surface area contributed by atoms with Gasteiger partial charge in [-0.25, -0.2) is 18.0 Å². The number of thiophene rings is 1. The average molecular weight is 369 g/mol. The van der Waals surface area contributed by atoms with Crippen LogP contribution in [0.4, 0.5) is 18.9 Å². The fourth-order valence-corrected chi connectivity index (χ4v) is 3.70. The van der Waals surface area contributed by atoms with E-state index in [9.17, 15) is 22.8 Å². The summed E-state index contributed by atoms with van der Waals surface area (Å²) in [5.74, 6) is -6.05. The minimum absolute atomic E-state index is 0.406. The van der Waals surface area contributed by atoms with Crippen LogP contribution in [0.3, 0.4) is 0 Å². The lowest BCUT2D eigenvalue weighted by Crippen LogP contribution is -2.30. The molecule has 1 aromatic carbocycles. The van der Waals surface area contributed by atoms with Crippen LogP contribution in [0, 0.1) is 17.5 Å². The molecule has 1 heterocycles. The fraction of sp³-hybridized carbons (Fsp3) is 0.294. The van der Waals surface area contributed by atoms with Gasteiger partial charge in [0, 0.05) is 4.88 Å². The van der Waals surface area contributed by atoms with Crippen LogP contribution in [-0.2, 0) is 22.4 Å². The van der Waals surface area contributed by atoms with E-state index in [0.717, 1.165) is 35.8 Å². The predicted molar refractivity (Wildman–Crippen MR) is 86.2 cm³/mol. The van der Waals surface area contributed by atoms with Gasteiger partial charge in [-0.2, -0.15) is 0 Å². The highest BCUT2D eigenvalue weighted by atomic mass is 32.1. The second-order valence-electron chi connectivity index (χ2n) is 5.67. The van der Waals surface area contributed by atoms with Crippen molar-refractivity contribution in [2.24, 2.45) is 0 Å². The molecular formula is C17H14F3NO3S. The Balaban J connectivity index is 1.64. The summed E-state index contributed by atoms with van der Waals surface area (Å²) in [5, 5.41) is 2.08. The van der Waals surface area contributed by atoms with E-state index >= 15 is 0 Å². The molecule has 1 aliphatic carbocycles.